The smallest absolute Gasteiger partial charge is 0.168 e. The van der Waals surface area contributed by atoms with Gasteiger partial charge in [-0.1, -0.05) is 24.3 Å². The Morgan fingerprint density at radius 3 is 2.47 bits per heavy atom. The maximum Gasteiger partial charge on any atom is 0.168 e. The second-order valence-corrected chi connectivity index (χ2v) is 3.95. The lowest BCUT2D eigenvalue weighted by Crippen LogP contribution is -2.48. The van der Waals surface area contributed by atoms with Crippen molar-refractivity contribution in [3.05, 3.63) is 60.2 Å². The van der Waals surface area contributed by atoms with Gasteiger partial charge in [0.25, 0.3) is 0 Å². The van der Waals surface area contributed by atoms with Gasteiger partial charge in [0.15, 0.2) is 11.5 Å². The van der Waals surface area contributed by atoms with Crippen molar-refractivity contribution in [1.82, 2.24) is 20.6 Å². The van der Waals surface area contributed by atoms with Crippen LogP contribution in [0.1, 0.15) is 11.4 Å². The third kappa shape index (κ3) is 1.71. The van der Waals surface area contributed by atoms with Crippen molar-refractivity contribution in [3.8, 4) is 0 Å². The molecule has 1 aromatic carbocycles. The summed E-state index contributed by atoms with van der Waals surface area (Å²) in [5, 5.41) is 6.87. The van der Waals surface area contributed by atoms with E-state index in [0.717, 1.165) is 24.5 Å². The van der Waals surface area contributed by atoms with E-state index in [2.05, 4.69) is 26.7 Å². The molecule has 1 radical (unpaired) electrons. The van der Waals surface area contributed by atoms with Gasteiger partial charge in [-0.05, 0) is 12.1 Å². The van der Waals surface area contributed by atoms with Crippen LogP contribution in [0.15, 0.2) is 42.7 Å². The number of nitrogens with zero attached hydrogens (tertiary/aromatic N) is 2. The summed E-state index contributed by atoms with van der Waals surface area (Å²) in [4.78, 5) is 8.71. The summed E-state index contributed by atoms with van der Waals surface area (Å²) in [5.41, 5.74) is 0.520. The van der Waals surface area contributed by atoms with Gasteiger partial charge in [0.1, 0.15) is 0 Å². The first-order chi connectivity index (χ1) is 8.42. The molecule has 2 heterocycles. The predicted molar refractivity (Wildman–Crippen MR) is 64.1 cm³/mol. The highest BCUT2D eigenvalue weighted by Gasteiger charge is 2.39. The molecular formula is C13H13N4. The van der Waals surface area contributed by atoms with Gasteiger partial charge in [0, 0.05) is 31.0 Å². The molecule has 1 fully saturated rings. The zero-order valence-electron chi connectivity index (χ0n) is 9.35. The van der Waals surface area contributed by atoms with Crippen LogP contribution in [0, 0.1) is 6.07 Å². The van der Waals surface area contributed by atoms with E-state index in [4.69, 9.17) is 0 Å². The Labute approximate surface area is 100 Å². The Kier molecular flexibility index (Phi) is 2.59. The molecule has 0 spiro atoms. The first-order valence-corrected chi connectivity index (χ1v) is 5.66. The van der Waals surface area contributed by atoms with Crippen molar-refractivity contribution in [2.45, 2.75) is 5.66 Å². The summed E-state index contributed by atoms with van der Waals surface area (Å²) in [5.74, 6) is 0.736. The Bertz CT molecular complexity index is 436. The summed E-state index contributed by atoms with van der Waals surface area (Å²) >= 11 is 0. The lowest BCUT2D eigenvalue weighted by molar-refractivity contribution is 0.397. The highest BCUT2D eigenvalue weighted by Crippen LogP contribution is 2.25. The van der Waals surface area contributed by atoms with Crippen LogP contribution < -0.4 is 10.6 Å². The molecule has 1 aliphatic heterocycles. The summed E-state index contributed by atoms with van der Waals surface area (Å²) in [6.07, 6.45) is 3.52. The third-order valence-electron chi connectivity index (χ3n) is 2.92. The second kappa shape index (κ2) is 4.24. The van der Waals surface area contributed by atoms with Crippen LogP contribution in [-0.4, -0.2) is 23.1 Å². The molecule has 1 aliphatic rings. The number of rotatable bonds is 2. The van der Waals surface area contributed by atoms with Crippen LogP contribution in [-0.2, 0) is 5.66 Å². The monoisotopic (exact) mass is 225 g/mol. The normalized spacial score (nSPS) is 18.1. The van der Waals surface area contributed by atoms with Crippen LogP contribution in [0.25, 0.3) is 0 Å². The van der Waals surface area contributed by atoms with E-state index in [1.54, 1.807) is 12.4 Å². The largest absolute Gasteiger partial charge is 0.288 e. The van der Waals surface area contributed by atoms with Gasteiger partial charge in [0.05, 0.1) is 0 Å². The minimum absolute atomic E-state index is 0.497. The van der Waals surface area contributed by atoms with Gasteiger partial charge in [-0.15, -0.1) is 0 Å². The van der Waals surface area contributed by atoms with Crippen molar-refractivity contribution in [2.75, 3.05) is 13.1 Å². The Morgan fingerprint density at radius 1 is 1.06 bits per heavy atom. The van der Waals surface area contributed by atoms with Crippen LogP contribution in [0.2, 0.25) is 0 Å². The minimum Gasteiger partial charge on any atom is -0.288 e. The molecule has 0 bridgehead atoms. The van der Waals surface area contributed by atoms with Crippen molar-refractivity contribution >= 4 is 0 Å². The molecule has 0 aliphatic carbocycles. The standard InChI is InChI=1S/C13H13N4/c1-2-5-11(6-3-1)13(16-9-10-17-13)12-14-7-4-8-15-12/h1-5,7-8,16-17H,9-10H2. The molecular weight excluding hydrogens is 212 g/mol. The van der Waals surface area contributed by atoms with Crippen LogP contribution in [0.5, 0.6) is 0 Å². The molecule has 3 rings (SSSR count). The summed E-state index contributed by atoms with van der Waals surface area (Å²) < 4.78 is 0. The van der Waals surface area contributed by atoms with E-state index in [9.17, 15) is 0 Å². The van der Waals surface area contributed by atoms with Crippen molar-refractivity contribution in [2.24, 2.45) is 0 Å². The van der Waals surface area contributed by atoms with E-state index >= 15 is 0 Å². The number of hydrogen-bond donors (Lipinski definition) is 2. The summed E-state index contributed by atoms with van der Waals surface area (Å²) in [7, 11) is 0. The van der Waals surface area contributed by atoms with E-state index in [-0.39, 0.29) is 0 Å². The molecule has 0 amide bonds. The number of benzene rings is 1. The van der Waals surface area contributed by atoms with Crippen LogP contribution in [0.4, 0.5) is 0 Å². The van der Waals surface area contributed by atoms with Crippen molar-refractivity contribution in [1.29, 1.82) is 0 Å². The fraction of sp³-hybridized carbons (Fsp3) is 0.231. The number of aromatic nitrogens is 2. The van der Waals surface area contributed by atoms with Crippen LogP contribution in [0.3, 0.4) is 0 Å². The highest BCUT2D eigenvalue weighted by molar-refractivity contribution is 5.31. The van der Waals surface area contributed by atoms with E-state index in [1.807, 2.05) is 30.3 Å². The molecule has 0 saturated carbocycles. The quantitative estimate of drug-likeness (QED) is 0.788. The van der Waals surface area contributed by atoms with Gasteiger partial charge in [-0.25, -0.2) is 9.97 Å². The maximum atomic E-state index is 4.35. The molecule has 1 aromatic heterocycles. The SMILES string of the molecule is [c]1ccccc1C1(c2ncccn2)NCCN1. The van der Waals surface area contributed by atoms with Crippen molar-refractivity contribution in [3.63, 3.8) is 0 Å². The van der Waals surface area contributed by atoms with Crippen LogP contribution >= 0.6 is 0 Å². The maximum absolute atomic E-state index is 4.35. The number of hydrogen-bond acceptors (Lipinski definition) is 4. The molecule has 0 atom stereocenters. The van der Waals surface area contributed by atoms with Gasteiger partial charge in [0.2, 0.25) is 0 Å². The third-order valence-corrected chi connectivity index (χ3v) is 2.92. The lowest BCUT2D eigenvalue weighted by atomic mass is 9.99. The average molecular weight is 225 g/mol. The zero-order chi connectivity index (χ0) is 11.6. The minimum atomic E-state index is -0.497. The first kappa shape index (κ1) is 10.4. The van der Waals surface area contributed by atoms with Crippen molar-refractivity contribution < 1.29 is 0 Å². The van der Waals surface area contributed by atoms with E-state index in [1.165, 1.54) is 0 Å². The topological polar surface area (TPSA) is 49.8 Å². The molecule has 2 N–H and O–H groups in total. The van der Waals surface area contributed by atoms with Gasteiger partial charge in [-0.3, -0.25) is 10.6 Å². The molecule has 2 aromatic rings. The molecule has 1 saturated heterocycles. The molecule has 0 unspecified atom stereocenters. The van der Waals surface area contributed by atoms with Gasteiger partial charge in [-0.2, -0.15) is 0 Å². The van der Waals surface area contributed by atoms with Gasteiger partial charge < -0.3 is 0 Å². The fourth-order valence-corrected chi connectivity index (χ4v) is 2.15. The first-order valence-electron chi connectivity index (χ1n) is 5.66. The summed E-state index contributed by atoms with van der Waals surface area (Å²) in [6.45, 7) is 1.78. The van der Waals surface area contributed by atoms with E-state index < -0.39 is 5.66 Å². The lowest BCUT2D eigenvalue weighted by Gasteiger charge is -2.28. The zero-order valence-corrected chi connectivity index (χ0v) is 9.35. The second-order valence-electron chi connectivity index (χ2n) is 3.95. The molecule has 17 heavy (non-hydrogen) atoms. The van der Waals surface area contributed by atoms with Gasteiger partial charge >= 0.3 is 0 Å². The Balaban J connectivity index is 2.11. The Hall–Kier alpha value is -1.78. The van der Waals surface area contributed by atoms with E-state index in [0.29, 0.717) is 0 Å². The fourth-order valence-electron chi connectivity index (χ4n) is 2.15. The molecule has 85 valence electrons. The number of nitrogens with one attached hydrogen (secondary N) is 2. The molecule has 4 nitrogen and oxygen atoms in total. The molecule has 4 heteroatoms. The predicted octanol–water partition coefficient (Wildman–Crippen LogP) is 0.671. The Morgan fingerprint density at radius 2 is 1.82 bits per heavy atom. The summed E-state index contributed by atoms with van der Waals surface area (Å²) in [6, 6.07) is 13.0. The average Bonchev–Trinajstić information content (AvgIpc) is 2.91. The highest BCUT2D eigenvalue weighted by atomic mass is 15.3.